The summed E-state index contributed by atoms with van der Waals surface area (Å²) < 4.78 is 0. The number of aromatic nitrogens is 1. The molecular weight excluding hydrogens is 310 g/mol. The molecule has 1 aromatic carbocycles. The summed E-state index contributed by atoms with van der Waals surface area (Å²) in [5.41, 5.74) is 0.661. The van der Waals surface area contributed by atoms with Crippen molar-refractivity contribution in [1.29, 1.82) is 0 Å². The van der Waals surface area contributed by atoms with Gasteiger partial charge in [-0.15, -0.1) is 11.3 Å². The van der Waals surface area contributed by atoms with Crippen LogP contribution < -0.4 is 16.0 Å². The second-order valence-electron chi connectivity index (χ2n) is 4.84. The molecule has 2 aromatic rings. The molecule has 1 amide bonds. The lowest BCUT2D eigenvalue weighted by Crippen LogP contribution is -2.41. The molecule has 0 aliphatic rings. The number of carbonyl (C=O) groups excluding carboxylic acids is 1. The van der Waals surface area contributed by atoms with Gasteiger partial charge in [-0.25, -0.2) is 4.98 Å². The molecule has 0 radical (unpaired) electrons. The maximum absolute atomic E-state index is 11.9. The fraction of sp³-hybridized carbons (Fsp3) is 0.312. The number of nitrogens with zero attached hydrogens (tertiary/aromatic N) is 2. The van der Waals surface area contributed by atoms with Crippen molar-refractivity contribution in [3.63, 3.8) is 0 Å². The molecule has 3 N–H and O–H groups in total. The van der Waals surface area contributed by atoms with E-state index in [0.29, 0.717) is 31.2 Å². The fourth-order valence-corrected chi connectivity index (χ4v) is 2.64. The van der Waals surface area contributed by atoms with Crippen molar-refractivity contribution in [3.05, 3.63) is 52.0 Å². The average Bonchev–Trinajstić information content (AvgIpc) is 3.00. The van der Waals surface area contributed by atoms with Crippen molar-refractivity contribution in [1.82, 2.24) is 20.9 Å². The Morgan fingerprint density at radius 3 is 2.57 bits per heavy atom. The topological polar surface area (TPSA) is 78.4 Å². The number of nitrogens with one attached hydrogen (secondary N) is 3. The Hall–Kier alpha value is -2.41. The van der Waals surface area contributed by atoms with Crippen molar-refractivity contribution in [2.75, 3.05) is 20.1 Å². The Balaban J connectivity index is 1.67. The monoisotopic (exact) mass is 331 g/mol. The largest absolute Gasteiger partial charge is 0.355 e. The molecule has 2 rings (SSSR count). The number of aryl methyl sites for hydroxylation is 1. The Morgan fingerprint density at radius 1 is 1.17 bits per heavy atom. The molecule has 0 atom stereocenters. The molecule has 7 heteroatoms. The molecule has 0 bridgehead atoms. The maximum atomic E-state index is 11.9. The quantitative estimate of drug-likeness (QED) is 0.426. The van der Waals surface area contributed by atoms with E-state index in [1.165, 1.54) is 4.88 Å². The van der Waals surface area contributed by atoms with Crippen LogP contribution in [0.2, 0.25) is 0 Å². The van der Waals surface area contributed by atoms with E-state index in [-0.39, 0.29) is 5.91 Å². The molecule has 122 valence electrons. The second-order valence-corrected chi connectivity index (χ2v) is 6.16. The molecule has 0 unspecified atom stereocenters. The molecule has 1 aromatic heterocycles. The summed E-state index contributed by atoms with van der Waals surface area (Å²) >= 11 is 1.66. The summed E-state index contributed by atoms with van der Waals surface area (Å²) in [6, 6.07) is 9.16. The number of carbonyl (C=O) groups is 1. The third-order valence-corrected chi connectivity index (χ3v) is 3.95. The smallest absolute Gasteiger partial charge is 0.251 e. The minimum atomic E-state index is -0.0754. The van der Waals surface area contributed by atoms with Crippen LogP contribution in [0.1, 0.15) is 20.2 Å². The number of benzene rings is 1. The van der Waals surface area contributed by atoms with Gasteiger partial charge in [-0.05, 0) is 19.1 Å². The van der Waals surface area contributed by atoms with Gasteiger partial charge in [0.25, 0.3) is 5.91 Å². The van der Waals surface area contributed by atoms with Gasteiger partial charge in [0.15, 0.2) is 5.96 Å². The van der Waals surface area contributed by atoms with Crippen molar-refractivity contribution < 1.29 is 4.79 Å². The lowest BCUT2D eigenvalue weighted by molar-refractivity contribution is 0.0954. The minimum Gasteiger partial charge on any atom is -0.355 e. The number of aliphatic imine (C=N–C) groups is 1. The number of guanidine groups is 1. The zero-order valence-corrected chi connectivity index (χ0v) is 14.1. The molecule has 0 fully saturated rings. The first kappa shape index (κ1) is 17.0. The summed E-state index contributed by atoms with van der Waals surface area (Å²) in [5, 5.41) is 10.2. The first-order valence-corrected chi connectivity index (χ1v) is 8.20. The highest BCUT2D eigenvalue weighted by atomic mass is 32.1. The Bertz CT molecular complexity index is 654. The average molecular weight is 331 g/mol. The van der Waals surface area contributed by atoms with Crippen LogP contribution in [-0.2, 0) is 6.54 Å². The zero-order chi connectivity index (χ0) is 16.5. The van der Waals surface area contributed by atoms with E-state index >= 15 is 0 Å². The predicted molar refractivity (Wildman–Crippen MR) is 93.8 cm³/mol. The SMILES string of the molecule is CN=C(NCCNC(=O)c1ccccc1)NCc1ncc(C)s1. The lowest BCUT2D eigenvalue weighted by Gasteiger charge is -2.11. The lowest BCUT2D eigenvalue weighted by atomic mass is 10.2. The molecular formula is C16H21N5OS. The van der Waals surface area contributed by atoms with E-state index in [4.69, 9.17) is 0 Å². The van der Waals surface area contributed by atoms with E-state index in [0.717, 1.165) is 5.01 Å². The third kappa shape index (κ3) is 5.71. The Labute approximate surface area is 140 Å². The fourth-order valence-electron chi connectivity index (χ4n) is 1.91. The van der Waals surface area contributed by atoms with E-state index < -0.39 is 0 Å². The van der Waals surface area contributed by atoms with E-state index in [2.05, 4.69) is 25.9 Å². The Morgan fingerprint density at radius 2 is 1.91 bits per heavy atom. The van der Waals surface area contributed by atoms with Crippen LogP contribution in [0.5, 0.6) is 0 Å². The van der Waals surface area contributed by atoms with Gasteiger partial charge in [-0.1, -0.05) is 18.2 Å². The van der Waals surface area contributed by atoms with Gasteiger partial charge in [0.1, 0.15) is 5.01 Å². The van der Waals surface area contributed by atoms with Crippen LogP contribution >= 0.6 is 11.3 Å². The molecule has 0 aliphatic heterocycles. The maximum Gasteiger partial charge on any atom is 0.251 e. The summed E-state index contributed by atoms with van der Waals surface area (Å²) in [5.74, 6) is 0.612. The van der Waals surface area contributed by atoms with Crippen molar-refractivity contribution in [2.24, 2.45) is 4.99 Å². The first-order valence-electron chi connectivity index (χ1n) is 7.38. The molecule has 6 nitrogen and oxygen atoms in total. The normalized spacial score (nSPS) is 11.1. The number of hydrogen-bond acceptors (Lipinski definition) is 4. The van der Waals surface area contributed by atoms with E-state index in [1.807, 2.05) is 31.3 Å². The highest BCUT2D eigenvalue weighted by Gasteiger charge is 2.04. The third-order valence-electron chi connectivity index (χ3n) is 3.04. The molecule has 0 aliphatic carbocycles. The summed E-state index contributed by atoms with van der Waals surface area (Å²) in [6.07, 6.45) is 1.86. The predicted octanol–water partition coefficient (Wildman–Crippen LogP) is 1.55. The molecule has 0 spiro atoms. The van der Waals surface area contributed by atoms with Crippen molar-refractivity contribution in [2.45, 2.75) is 13.5 Å². The summed E-state index contributed by atoms with van der Waals surface area (Å²) in [4.78, 5) is 21.5. The van der Waals surface area contributed by atoms with E-state index in [9.17, 15) is 4.79 Å². The van der Waals surface area contributed by atoms with Gasteiger partial charge < -0.3 is 16.0 Å². The summed E-state index contributed by atoms with van der Waals surface area (Å²) in [7, 11) is 1.71. The molecule has 23 heavy (non-hydrogen) atoms. The highest BCUT2D eigenvalue weighted by molar-refractivity contribution is 7.11. The standard InChI is InChI=1S/C16H21N5OS/c1-12-10-20-14(23-12)11-21-16(17-2)19-9-8-18-15(22)13-6-4-3-5-7-13/h3-7,10H,8-9,11H2,1-2H3,(H,18,22)(H2,17,19,21). The van der Waals surface area contributed by atoms with Gasteiger partial charge in [0, 0.05) is 36.8 Å². The zero-order valence-electron chi connectivity index (χ0n) is 13.3. The van der Waals surface area contributed by atoms with Crippen LogP contribution in [0, 0.1) is 6.92 Å². The van der Waals surface area contributed by atoms with Crippen LogP contribution in [0.4, 0.5) is 0 Å². The van der Waals surface area contributed by atoms with Crippen LogP contribution in [0.3, 0.4) is 0 Å². The number of amides is 1. The molecule has 0 saturated carbocycles. The van der Waals surface area contributed by atoms with Gasteiger partial charge in [0.05, 0.1) is 6.54 Å². The van der Waals surface area contributed by atoms with Crippen LogP contribution in [-0.4, -0.2) is 37.0 Å². The first-order chi connectivity index (χ1) is 11.2. The molecule has 0 saturated heterocycles. The second kappa shape index (κ2) is 8.89. The van der Waals surface area contributed by atoms with Crippen molar-refractivity contribution >= 4 is 23.2 Å². The van der Waals surface area contributed by atoms with E-state index in [1.54, 1.807) is 30.5 Å². The van der Waals surface area contributed by atoms with Crippen LogP contribution in [0.15, 0.2) is 41.5 Å². The van der Waals surface area contributed by atoms with Crippen LogP contribution in [0.25, 0.3) is 0 Å². The van der Waals surface area contributed by atoms with Gasteiger partial charge in [0.2, 0.25) is 0 Å². The van der Waals surface area contributed by atoms with Crippen molar-refractivity contribution in [3.8, 4) is 0 Å². The highest BCUT2D eigenvalue weighted by Crippen LogP contribution is 2.10. The number of hydrogen-bond donors (Lipinski definition) is 3. The molecule has 1 heterocycles. The summed E-state index contributed by atoms with van der Waals surface area (Å²) in [6.45, 7) is 3.78. The number of thiazole rings is 1. The van der Waals surface area contributed by atoms with Gasteiger partial charge in [-0.2, -0.15) is 0 Å². The Kier molecular flexibility index (Phi) is 6.56. The number of rotatable bonds is 6. The van der Waals surface area contributed by atoms with Gasteiger partial charge in [-0.3, -0.25) is 9.79 Å². The minimum absolute atomic E-state index is 0.0754. The van der Waals surface area contributed by atoms with Gasteiger partial charge >= 0.3 is 0 Å².